The van der Waals surface area contributed by atoms with Gasteiger partial charge in [0.1, 0.15) is 5.69 Å². The fraction of sp³-hybridized carbons (Fsp3) is 0.100. The molecule has 0 fully saturated rings. The summed E-state index contributed by atoms with van der Waals surface area (Å²) in [6.45, 7) is 0. The molecule has 3 rings (SSSR count). The number of amides is 3. The maximum absolute atomic E-state index is 12.4. The number of hydrazine groups is 1. The standard InChI is InChI=1S/C20H21N7O3/c1-22-19(29)16-17(24-11-23-16)20(30)26-14-8-6-13(7-9-14)25-18(28)12-4-3-5-15(10-12)27(2)21/h3-11H,21H2,1-2H3,(H,22,29)(H,23,24)(H,25,28)(H,26,30). The Labute approximate surface area is 172 Å². The second-order valence-electron chi connectivity index (χ2n) is 6.35. The summed E-state index contributed by atoms with van der Waals surface area (Å²) < 4.78 is 0. The molecule has 0 radical (unpaired) electrons. The van der Waals surface area contributed by atoms with E-state index in [1.807, 2.05) is 0 Å². The van der Waals surface area contributed by atoms with Crippen molar-refractivity contribution in [3.05, 3.63) is 71.8 Å². The molecule has 0 spiro atoms. The van der Waals surface area contributed by atoms with Crippen LogP contribution in [0.5, 0.6) is 0 Å². The van der Waals surface area contributed by atoms with Gasteiger partial charge in [0.25, 0.3) is 17.7 Å². The lowest BCUT2D eigenvalue weighted by Crippen LogP contribution is -2.25. The molecular weight excluding hydrogens is 386 g/mol. The predicted molar refractivity (Wildman–Crippen MR) is 113 cm³/mol. The fourth-order valence-electron chi connectivity index (χ4n) is 2.66. The lowest BCUT2D eigenvalue weighted by atomic mass is 10.1. The highest BCUT2D eigenvalue weighted by atomic mass is 16.2. The van der Waals surface area contributed by atoms with E-state index in [1.165, 1.54) is 18.4 Å². The average molecular weight is 407 g/mol. The Hall–Kier alpha value is -4.18. The summed E-state index contributed by atoms with van der Waals surface area (Å²) >= 11 is 0. The van der Waals surface area contributed by atoms with Crippen molar-refractivity contribution in [3.8, 4) is 0 Å². The molecule has 0 aliphatic carbocycles. The maximum atomic E-state index is 12.4. The normalized spacial score (nSPS) is 10.2. The monoisotopic (exact) mass is 407 g/mol. The predicted octanol–water partition coefficient (Wildman–Crippen LogP) is 1.58. The second-order valence-corrected chi connectivity index (χ2v) is 6.35. The van der Waals surface area contributed by atoms with Crippen molar-refractivity contribution in [2.24, 2.45) is 5.84 Å². The molecule has 0 aliphatic rings. The number of hydrogen-bond acceptors (Lipinski definition) is 6. The number of rotatable bonds is 6. The molecule has 0 bridgehead atoms. The van der Waals surface area contributed by atoms with Gasteiger partial charge in [0.2, 0.25) is 0 Å². The quantitative estimate of drug-likeness (QED) is 0.310. The third-order valence-corrected chi connectivity index (χ3v) is 4.22. The number of H-pyrrole nitrogens is 1. The van der Waals surface area contributed by atoms with Crippen LogP contribution >= 0.6 is 0 Å². The van der Waals surface area contributed by atoms with Crippen LogP contribution in [0.2, 0.25) is 0 Å². The topological polar surface area (TPSA) is 145 Å². The smallest absolute Gasteiger partial charge is 0.276 e. The highest BCUT2D eigenvalue weighted by molar-refractivity contribution is 6.10. The van der Waals surface area contributed by atoms with Crippen molar-refractivity contribution in [1.82, 2.24) is 15.3 Å². The first-order valence-corrected chi connectivity index (χ1v) is 8.95. The van der Waals surface area contributed by atoms with Crippen LogP contribution in [0.4, 0.5) is 17.1 Å². The molecule has 154 valence electrons. The van der Waals surface area contributed by atoms with Crippen LogP contribution in [-0.4, -0.2) is 41.8 Å². The molecule has 10 nitrogen and oxygen atoms in total. The Morgan fingerprint density at radius 2 is 1.60 bits per heavy atom. The van der Waals surface area contributed by atoms with Crippen molar-refractivity contribution >= 4 is 34.8 Å². The minimum absolute atomic E-state index is 0.0171. The van der Waals surface area contributed by atoms with Crippen LogP contribution in [0.3, 0.4) is 0 Å². The molecule has 0 atom stereocenters. The molecule has 1 aromatic heterocycles. The molecular formula is C20H21N7O3. The van der Waals surface area contributed by atoms with Crippen molar-refractivity contribution in [1.29, 1.82) is 0 Å². The molecule has 0 aliphatic heterocycles. The third-order valence-electron chi connectivity index (χ3n) is 4.22. The Kier molecular flexibility index (Phi) is 6.08. The van der Waals surface area contributed by atoms with E-state index in [0.717, 1.165) is 0 Å². The van der Waals surface area contributed by atoms with E-state index in [-0.39, 0.29) is 17.3 Å². The second kappa shape index (κ2) is 8.88. The highest BCUT2D eigenvalue weighted by Gasteiger charge is 2.19. The largest absolute Gasteiger partial charge is 0.354 e. The first kappa shape index (κ1) is 20.6. The molecule has 0 saturated carbocycles. The Balaban J connectivity index is 1.66. The number of benzene rings is 2. The van der Waals surface area contributed by atoms with Crippen molar-refractivity contribution < 1.29 is 14.4 Å². The molecule has 30 heavy (non-hydrogen) atoms. The van der Waals surface area contributed by atoms with Crippen molar-refractivity contribution in [2.75, 3.05) is 29.7 Å². The van der Waals surface area contributed by atoms with Crippen LogP contribution in [0, 0.1) is 0 Å². The number of imidazole rings is 1. The zero-order valence-corrected chi connectivity index (χ0v) is 16.4. The van der Waals surface area contributed by atoms with Crippen LogP contribution < -0.4 is 26.8 Å². The number of carbonyl (C=O) groups is 3. The number of aromatic nitrogens is 2. The van der Waals surface area contributed by atoms with E-state index in [0.29, 0.717) is 22.6 Å². The van der Waals surface area contributed by atoms with E-state index in [1.54, 1.807) is 55.6 Å². The lowest BCUT2D eigenvalue weighted by molar-refractivity contribution is 0.0943. The first-order chi connectivity index (χ1) is 14.4. The zero-order valence-electron chi connectivity index (χ0n) is 16.4. The van der Waals surface area contributed by atoms with Gasteiger partial charge < -0.3 is 25.9 Å². The van der Waals surface area contributed by atoms with Gasteiger partial charge in [0, 0.05) is 31.0 Å². The van der Waals surface area contributed by atoms with Gasteiger partial charge in [-0.2, -0.15) is 0 Å². The number of nitrogens with two attached hydrogens (primary N) is 1. The summed E-state index contributed by atoms with van der Waals surface area (Å²) in [4.78, 5) is 43.1. The minimum Gasteiger partial charge on any atom is -0.354 e. The van der Waals surface area contributed by atoms with Gasteiger partial charge in [-0.15, -0.1) is 0 Å². The number of nitrogens with one attached hydrogen (secondary N) is 4. The Bertz CT molecular complexity index is 1070. The maximum Gasteiger partial charge on any atom is 0.276 e. The molecule has 0 unspecified atom stereocenters. The van der Waals surface area contributed by atoms with Gasteiger partial charge in [-0.1, -0.05) is 6.07 Å². The van der Waals surface area contributed by atoms with Crippen molar-refractivity contribution in [2.45, 2.75) is 0 Å². The summed E-state index contributed by atoms with van der Waals surface area (Å²) in [5.41, 5.74) is 2.25. The summed E-state index contributed by atoms with van der Waals surface area (Å²) in [5, 5.41) is 9.30. The molecule has 6 N–H and O–H groups in total. The van der Waals surface area contributed by atoms with E-state index in [2.05, 4.69) is 25.9 Å². The fourth-order valence-corrected chi connectivity index (χ4v) is 2.66. The van der Waals surface area contributed by atoms with E-state index < -0.39 is 11.8 Å². The molecule has 3 aromatic rings. The van der Waals surface area contributed by atoms with Crippen molar-refractivity contribution in [3.63, 3.8) is 0 Å². The van der Waals surface area contributed by atoms with Gasteiger partial charge in [-0.05, 0) is 42.5 Å². The molecule has 1 heterocycles. The van der Waals surface area contributed by atoms with Crippen LogP contribution in [0.25, 0.3) is 0 Å². The van der Waals surface area contributed by atoms with Gasteiger partial charge >= 0.3 is 0 Å². The summed E-state index contributed by atoms with van der Waals surface area (Å²) in [7, 11) is 3.15. The average Bonchev–Trinajstić information content (AvgIpc) is 3.24. The number of anilines is 3. The van der Waals surface area contributed by atoms with Gasteiger partial charge in [0.15, 0.2) is 5.69 Å². The lowest BCUT2D eigenvalue weighted by Gasteiger charge is -2.13. The summed E-state index contributed by atoms with van der Waals surface area (Å²) in [5.74, 6) is 4.43. The number of hydrogen-bond donors (Lipinski definition) is 5. The number of carbonyl (C=O) groups excluding carboxylic acids is 3. The highest BCUT2D eigenvalue weighted by Crippen LogP contribution is 2.18. The van der Waals surface area contributed by atoms with E-state index in [9.17, 15) is 14.4 Å². The molecule has 0 saturated heterocycles. The van der Waals surface area contributed by atoms with Crippen LogP contribution in [-0.2, 0) is 0 Å². The van der Waals surface area contributed by atoms with Crippen LogP contribution in [0.1, 0.15) is 31.3 Å². The van der Waals surface area contributed by atoms with Crippen LogP contribution in [0.15, 0.2) is 54.9 Å². The van der Waals surface area contributed by atoms with Gasteiger partial charge in [0.05, 0.1) is 12.0 Å². The van der Waals surface area contributed by atoms with E-state index in [4.69, 9.17) is 5.84 Å². The molecule has 10 heteroatoms. The summed E-state index contributed by atoms with van der Waals surface area (Å²) in [6.07, 6.45) is 1.27. The zero-order chi connectivity index (χ0) is 21.7. The number of nitrogens with zero attached hydrogens (tertiary/aromatic N) is 2. The molecule has 3 amide bonds. The van der Waals surface area contributed by atoms with Gasteiger partial charge in [-0.25, -0.2) is 10.8 Å². The molecule has 2 aromatic carbocycles. The first-order valence-electron chi connectivity index (χ1n) is 8.95. The summed E-state index contributed by atoms with van der Waals surface area (Å²) in [6, 6.07) is 13.5. The third kappa shape index (κ3) is 4.62. The Morgan fingerprint density at radius 3 is 2.20 bits per heavy atom. The van der Waals surface area contributed by atoms with Gasteiger partial charge in [-0.3, -0.25) is 14.4 Å². The van der Waals surface area contributed by atoms with E-state index >= 15 is 0 Å². The number of aromatic amines is 1. The Morgan fingerprint density at radius 1 is 0.967 bits per heavy atom. The minimum atomic E-state index is -0.533. The SMILES string of the molecule is CNC(=O)c1[nH]cnc1C(=O)Nc1ccc(NC(=O)c2cccc(N(C)N)c2)cc1.